The van der Waals surface area contributed by atoms with Crippen molar-refractivity contribution in [2.24, 2.45) is 5.92 Å². The molecule has 2 atom stereocenters. The van der Waals surface area contributed by atoms with Gasteiger partial charge in [0.25, 0.3) is 5.91 Å². The fourth-order valence-corrected chi connectivity index (χ4v) is 2.74. The molecule has 6 nitrogen and oxygen atoms in total. The van der Waals surface area contributed by atoms with Crippen molar-refractivity contribution in [2.45, 2.75) is 45.9 Å². The Hall–Kier alpha value is -3.22. The van der Waals surface area contributed by atoms with E-state index in [-0.39, 0.29) is 30.6 Å². The lowest BCUT2D eigenvalue weighted by Gasteiger charge is -2.23. The van der Waals surface area contributed by atoms with Gasteiger partial charge in [0.1, 0.15) is 11.9 Å². The topological polar surface area (TPSA) is 84.5 Å². The molecule has 0 saturated heterocycles. The largest absolute Gasteiger partial charge is 0.451 e. The van der Waals surface area contributed by atoms with Crippen molar-refractivity contribution in [1.29, 1.82) is 0 Å². The first-order chi connectivity index (χ1) is 14.3. The van der Waals surface area contributed by atoms with Gasteiger partial charge in [-0.1, -0.05) is 56.3 Å². The van der Waals surface area contributed by atoms with E-state index in [0.29, 0.717) is 0 Å². The Morgan fingerprint density at radius 2 is 1.57 bits per heavy atom. The van der Waals surface area contributed by atoms with Gasteiger partial charge in [0.05, 0.1) is 6.42 Å². The Labute approximate surface area is 175 Å². The number of carbonyl (C=O) groups is 3. The summed E-state index contributed by atoms with van der Waals surface area (Å²) in [5.41, 5.74) is 1.55. The monoisotopic (exact) mass is 414 g/mol. The number of hydrogen-bond donors (Lipinski definition) is 2. The number of halogens is 1. The Morgan fingerprint density at radius 3 is 2.17 bits per heavy atom. The third kappa shape index (κ3) is 7.31. The molecule has 7 heteroatoms. The van der Waals surface area contributed by atoms with Gasteiger partial charge >= 0.3 is 5.97 Å². The number of nitrogens with one attached hydrogen (secondary N) is 2. The molecule has 30 heavy (non-hydrogen) atoms. The molecule has 0 unspecified atom stereocenters. The first kappa shape index (κ1) is 23.1. The normalized spacial score (nSPS) is 12.7. The molecular weight excluding hydrogens is 387 g/mol. The van der Waals surface area contributed by atoms with E-state index >= 15 is 0 Å². The van der Waals surface area contributed by atoms with Gasteiger partial charge in [0, 0.05) is 6.54 Å². The quantitative estimate of drug-likeness (QED) is 0.618. The fraction of sp³-hybridized carbons (Fsp3) is 0.348. The molecule has 0 aliphatic heterocycles. The second-order valence-corrected chi connectivity index (χ2v) is 7.37. The lowest BCUT2D eigenvalue weighted by molar-refractivity contribution is -0.158. The van der Waals surface area contributed by atoms with Crippen LogP contribution >= 0.6 is 0 Å². The molecular formula is C23H27FN2O4. The predicted molar refractivity (Wildman–Crippen MR) is 111 cm³/mol. The molecule has 0 heterocycles. The molecule has 2 aromatic carbocycles. The highest BCUT2D eigenvalue weighted by atomic mass is 19.1. The predicted octanol–water partition coefficient (Wildman–Crippen LogP) is 2.76. The van der Waals surface area contributed by atoms with E-state index in [1.54, 1.807) is 26.0 Å². The van der Waals surface area contributed by atoms with Crippen LogP contribution in [0.4, 0.5) is 4.39 Å². The van der Waals surface area contributed by atoms with Crippen molar-refractivity contribution < 1.29 is 23.5 Å². The van der Waals surface area contributed by atoms with Crippen LogP contribution in [0.1, 0.15) is 31.9 Å². The van der Waals surface area contributed by atoms with E-state index < -0.39 is 24.0 Å². The number of hydrogen-bond acceptors (Lipinski definition) is 4. The van der Waals surface area contributed by atoms with Crippen LogP contribution in [0.3, 0.4) is 0 Å². The molecule has 0 radical (unpaired) electrons. The van der Waals surface area contributed by atoms with Crippen LogP contribution in [-0.4, -0.2) is 29.9 Å². The van der Waals surface area contributed by atoms with E-state index in [9.17, 15) is 18.8 Å². The summed E-state index contributed by atoms with van der Waals surface area (Å²) in [5, 5.41) is 5.33. The van der Waals surface area contributed by atoms with E-state index in [2.05, 4.69) is 10.6 Å². The number of ether oxygens (including phenoxy) is 1. The highest BCUT2D eigenvalue weighted by molar-refractivity contribution is 5.88. The summed E-state index contributed by atoms with van der Waals surface area (Å²) in [6.07, 6.45) is -0.893. The number of rotatable bonds is 9. The summed E-state index contributed by atoms with van der Waals surface area (Å²) in [6.45, 7) is 5.21. The van der Waals surface area contributed by atoms with Gasteiger partial charge in [-0.2, -0.15) is 0 Å². The molecule has 2 amide bonds. The third-order valence-corrected chi connectivity index (χ3v) is 4.49. The molecule has 0 aromatic heterocycles. The fourth-order valence-electron chi connectivity index (χ4n) is 2.74. The van der Waals surface area contributed by atoms with Crippen molar-refractivity contribution in [3.05, 3.63) is 71.5 Å². The zero-order valence-electron chi connectivity index (χ0n) is 17.4. The van der Waals surface area contributed by atoms with Gasteiger partial charge in [-0.25, -0.2) is 9.18 Å². The smallest absolute Gasteiger partial charge is 0.329 e. The molecule has 0 aliphatic carbocycles. The maximum absolute atomic E-state index is 12.9. The van der Waals surface area contributed by atoms with E-state index in [1.165, 1.54) is 19.1 Å². The molecule has 0 fully saturated rings. The first-order valence-corrected chi connectivity index (χ1v) is 9.82. The molecule has 2 rings (SSSR count). The molecule has 2 aromatic rings. The highest BCUT2D eigenvalue weighted by Crippen LogP contribution is 2.08. The van der Waals surface area contributed by atoms with Gasteiger partial charge in [0.15, 0.2) is 6.10 Å². The Morgan fingerprint density at radius 1 is 0.933 bits per heavy atom. The molecule has 160 valence electrons. The van der Waals surface area contributed by atoms with E-state index in [0.717, 1.165) is 11.1 Å². The van der Waals surface area contributed by atoms with Gasteiger partial charge in [-0.3, -0.25) is 9.59 Å². The van der Waals surface area contributed by atoms with Crippen LogP contribution in [0.15, 0.2) is 54.6 Å². The zero-order chi connectivity index (χ0) is 22.1. The van der Waals surface area contributed by atoms with Crippen LogP contribution in [0.2, 0.25) is 0 Å². The Bertz CT molecular complexity index is 853. The van der Waals surface area contributed by atoms with Crippen molar-refractivity contribution in [3.8, 4) is 0 Å². The van der Waals surface area contributed by atoms with Gasteiger partial charge < -0.3 is 15.4 Å². The number of carbonyl (C=O) groups excluding carboxylic acids is 3. The molecule has 0 bridgehead atoms. The Kier molecular flexibility index (Phi) is 8.53. The SMILES string of the molecule is CC(C)[C@H](NC(=O)Cc1ccccc1)C(=O)O[C@@H](C)C(=O)NCc1ccc(F)cc1. The van der Waals surface area contributed by atoms with E-state index in [4.69, 9.17) is 4.74 Å². The number of amides is 2. The van der Waals surface area contributed by atoms with E-state index in [1.807, 2.05) is 30.3 Å². The van der Waals surface area contributed by atoms with Gasteiger partial charge in [0.2, 0.25) is 5.91 Å². The summed E-state index contributed by atoms with van der Waals surface area (Å²) < 4.78 is 18.2. The standard InChI is InChI=1S/C23H27FN2O4/c1-15(2)21(26-20(27)13-17-7-5-4-6-8-17)23(29)30-16(3)22(28)25-14-18-9-11-19(24)12-10-18/h4-12,15-16,21H,13-14H2,1-3H3,(H,25,28)(H,26,27)/t16-,21-/m0/s1. The van der Waals surface area contributed by atoms with Crippen LogP contribution < -0.4 is 10.6 Å². The van der Waals surface area contributed by atoms with Crippen LogP contribution in [-0.2, 0) is 32.1 Å². The number of esters is 1. The second kappa shape index (κ2) is 11.1. The maximum Gasteiger partial charge on any atom is 0.329 e. The minimum Gasteiger partial charge on any atom is -0.451 e. The summed E-state index contributed by atoms with van der Waals surface area (Å²) in [5.74, 6) is -2.03. The van der Waals surface area contributed by atoms with Crippen LogP contribution in [0.5, 0.6) is 0 Å². The first-order valence-electron chi connectivity index (χ1n) is 9.82. The second-order valence-electron chi connectivity index (χ2n) is 7.37. The minimum atomic E-state index is -1.04. The lowest BCUT2D eigenvalue weighted by Crippen LogP contribution is -2.48. The lowest BCUT2D eigenvalue weighted by atomic mass is 10.0. The average molecular weight is 414 g/mol. The molecule has 0 spiro atoms. The molecule has 0 saturated carbocycles. The minimum absolute atomic E-state index is 0.144. The van der Waals surface area contributed by atoms with Crippen molar-refractivity contribution in [3.63, 3.8) is 0 Å². The van der Waals surface area contributed by atoms with Crippen molar-refractivity contribution >= 4 is 17.8 Å². The van der Waals surface area contributed by atoms with Crippen molar-refractivity contribution in [2.75, 3.05) is 0 Å². The van der Waals surface area contributed by atoms with Gasteiger partial charge in [-0.15, -0.1) is 0 Å². The highest BCUT2D eigenvalue weighted by Gasteiger charge is 2.28. The summed E-state index contributed by atoms with van der Waals surface area (Å²) >= 11 is 0. The molecule has 0 aliphatic rings. The summed E-state index contributed by atoms with van der Waals surface area (Å²) in [7, 11) is 0. The number of benzene rings is 2. The van der Waals surface area contributed by atoms with Crippen LogP contribution in [0, 0.1) is 11.7 Å². The summed E-state index contributed by atoms with van der Waals surface area (Å²) in [4.78, 5) is 37.1. The zero-order valence-corrected chi connectivity index (χ0v) is 17.4. The third-order valence-electron chi connectivity index (χ3n) is 4.49. The molecule has 2 N–H and O–H groups in total. The summed E-state index contributed by atoms with van der Waals surface area (Å²) in [6, 6.07) is 14.0. The van der Waals surface area contributed by atoms with Crippen molar-refractivity contribution in [1.82, 2.24) is 10.6 Å². The maximum atomic E-state index is 12.9. The van der Waals surface area contributed by atoms with Crippen LogP contribution in [0.25, 0.3) is 0 Å². The Balaban J connectivity index is 1.87. The van der Waals surface area contributed by atoms with Gasteiger partial charge in [-0.05, 0) is 36.1 Å². The average Bonchev–Trinajstić information content (AvgIpc) is 2.71.